The minimum absolute atomic E-state index is 0.137. The average Bonchev–Trinajstić information content (AvgIpc) is 2.72. The third-order valence-electron chi connectivity index (χ3n) is 1.95. The van der Waals surface area contributed by atoms with Crippen molar-refractivity contribution in [2.45, 2.75) is 19.0 Å². The van der Waals surface area contributed by atoms with E-state index >= 15 is 0 Å². The summed E-state index contributed by atoms with van der Waals surface area (Å²) in [5, 5.41) is 5.07. The van der Waals surface area contributed by atoms with Crippen molar-refractivity contribution in [1.82, 2.24) is 10.3 Å². The monoisotopic (exact) mass is 198 g/mol. The lowest BCUT2D eigenvalue weighted by atomic mass is 10.2. The third-order valence-corrected chi connectivity index (χ3v) is 2.58. The molecule has 1 aliphatic heterocycles. The minimum atomic E-state index is -0.143. The number of hydrogen-bond acceptors (Lipinski definition) is 5. The summed E-state index contributed by atoms with van der Waals surface area (Å²) in [5.74, 6) is -0.143. The predicted octanol–water partition coefficient (Wildman–Crippen LogP) is 0.548. The second-order valence-electron chi connectivity index (χ2n) is 2.87. The van der Waals surface area contributed by atoms with Gasteiger partial charge >= 0.3 is 5.97 Å². The molecule has 1 atom stereocenters. The van der Waals surface area contributed by atoms with Gasteiger partial charge in [-0.2, -0.15) is 0 Å². The van der Waals surface area contributed by atoms with Crippen molar-refractivity contribution < 1.29 is 9.53 Å². The van der Waals surface area contributed by atoms with E-state index in [1.54, 1.807) is 16.8 Å². The fourth-order valence-electron chi connectivity index (χ4n) is 1.23. The topological polar surface area (TPSA) is 51.2 Å². The largest absolute Gasteiger partial charge is 0.464 e. The van der Waals surface area contributed by atoms with Crippen molar-refractivity contribution in [2.75, 3.05) is 6.61 Å². The molecule has 1 N–H and O–H groups in total. The van der Waals surface area contributed by atoms with E-state index in [4.69, 9.17) is 4.74 Å². The maximum absolute atomic E-state index is 11.0. The Morgan fingerprint density at radius 2 is 2.69 bits per heavy atom. The predicted molar refractivity (Wildman–Crippen MR) is 48.3 cm³/mol. The normalized spacial score (nSPS) is 21.8. The molecule has 1 aromatic rings. The van der Waals surface area contributed by atoms with E-state index in [1.165, 1.54) is 0 Å². The molecule has 0 aromatic carbocycles. The van der Waals surface area contributed by atoms with Crippen molar-refractivity contribution in [3.8, 4) is 0 Å². The number of ether oxygens (including phenoxy) is 1. The SMILES string of the molecule is O=C1OCC[C@@H]1NCc1cscn1. The summed E-state index contributed by atoms with van der Waals surface area (Å²) >= 11 is 1.56. The Morgan fingerprint density at radius 1 is 1.77 bits per heavy atom. The summed E-state index contributed by atoms with van der Waals surface area (Å²) in [6.45, 7) is 1.18. The van der Waals surface area contributed by atoms with Crippen LogP contribution >= 0.6 is 11.3 Å². The van der Waals surface area contributed by atoms with Gasteiger partial charge in [0.25, 0.3) is 0 Å². The van der Waals surface area contributed by atoms with Crippen LogP contribution in [-0.2, 0) is 16.1 Å². The molecule has 0 radical (unpaired) electrons. The summed E-state index contributed by atoms with van der Waals surface area (Å²) in [6.07, 6.45) is 0.767. The Morgan fingerprint density at radius 3 is 3.31 bits per heavy atom. The minimum Gasteiger partial charge on any atom is -0.464 e. The van der Waals surface area contributed by atoms with Crippen LogP contribution in [0.15, 0.2) is 10.9 Å². The molecule has 5 heteroatoms. The van der Waals surface area contributed by atoms with Crippen LogP contribution in [0.3, 0.4) is 0 Å². The number of thiazole rings is 1. The summed E-state index contributed by atoms with van der Waals surface area (Å²) < 4.78 is 4.82. The summed E-state index contributed by atoms with van der Waals surface area (Å²) in [5.41, 5.74) is 2.76. The van der Waals surface area contributed by atoms with Gasteiger partial charge in [-0.15, -0.1) is 11.3 Å². The zero-order valence-electron chi connectivity index (χ0n) is 7.03. The molecule has 4 nitrogen and oxygen atoms in total. The highest BCUT2D eigenvalue weighted by molar-refractivity contribution is 7.07. The van der Waals surface area contributed by atoms with Crippen LogP contribution in [0.1, 0.15) is 12.1 Å². The van der Waals surface area contributed by atoms with Gasteiger partial charge in [0, 0.05) is 18.3 Å². The number of esters is 1. The van der Waals surface area contributed by atoms with E-state index < -0.39 is 0 Å². The lowest BCUT2D eigenvalue weighted by Gasteiger charge is -2.05. The Kier molecular flexibility index (Phi) is 2.56. The van der Waals surface area contributed by atoms with E-state index in [9.17, 15) is 4.79 Å². The highest BCUT2D eigenvalue weighted by Gasteiger charge is 2.25. The summed E-state index contributed by atoms with van der Waals surface area (Å²) in [7, 11) is 0. The van der Waals surface area contributed by atoms with E-state index in [0.717, 1.165) is 12.1 Å². The van der Waals surface area contributed by atoms with Crippen LogP contribution in [0.4, 0.5) is 0 Å². The molecule has 0 unspecified atom stereocenters. The van der Waals surface area contributed by atoms with E-state index in [1.807, 2.05) is 5.38 Å². The molecular formula is C8H10N2O2S. The van der Waals surface area contributed by atoms with Crippen LogP contribution in [0.2, 0.25) is 0 Å². The molecule has 70 valence electrons. The Labute approximate surface area is 79.9 Å². The van der Waals surface area contributed by atoms with Crippen LogP contribution in [0.25, 0.3) is 0 Å². The van der Waals surface area contributed by atoms with Gasteiger partial charge in [0.05, 0.1) is 17.8 Å². The fourth-order valence-corrected chi connectivity index (χ4v) is 1.79. The van der Waals surface area contributed by atoms with Crippen LogP contribution < -0.4 is 5.32 Å². The smallest absolute Gasteiger partial charge is 0.323 e. The van der Waals surface area contributed by atoms with Gasteiger partial charge in [0.1, 0.15) is 6.04 Å². The quantitative estimate of drug-likeness (QED) is 0.720. The van der Waals surface area contributed by atoms with Crippen molar-refractivity contribution in [2.24, 2.45) is 0 Å². The molecule has 2 heterocycles. The first-order valence-electron chi connectivity index (χ1n) is 4.13. The van der Waals surface area contributed by atoms with Gasteiger partial charge in [-0.1, -0.05) is 0 Å². The molecule has 1 fully saturated rings. The average molecular weight is 198 g/mol. The zero-order chi connectivity index (χ0) is 9.10. The lowest BCUT2D eigenvalue weighted by molar-refractivity contribution is -0.139. The van der Waals surface area contributed by atoms with E-state index in [0.29, 0.717) is 13.2 Å². The van der Waals surface area contributed by atoms with Crippen molar-refractivity contribution >= 4 is 17.3 Å². The van der Waals surface area contributed by atoms with Gasteiger partial charge < -0.3 is 4.74 Å². The summed E-state index contributed by atoms with van der Waals surface area (Å²) in [4.78, 5) is 15.1. The first-order chi connectivity index (χ1) is 6.36. The lowest BCUT2D eigenvalue weighted by Crippen LogP contribution is -2.32. The highest BCUT2D eigenvalue weighted by atomic mass is 32.1. The molecule has 0 spiro atoms. The number of nitrogens with one attached hydrogen (secondary N) is 1. The van der Waals surface area contributed by atoms with Crippen LogP contribution in [-0.4, -0.2) is 23.6 Å². The number of carbonyl (C=O) groups excluding carboxylic acids is 1. The van der Waals surface area contributed by atoms with Gasteiger partial charge in [-0.05, 0) is 0 Å². The number of aromatic nitrogens is 1. The number of carbonyl (C=O) groups is 1. The second-order valence-corrected chi connectivity index (χ2v) is 3.59. The highest BCUT2D eigenvalue weighted by Crippen LogP contribution is 2.07. The first kappa shape index (κ1) is 8.65. The second kappa shape index (κ2) is 3.85. The Balaban J connectivity index is 1.82. The van der Waals surface area contributed by atoms with E-state index in [-0.39, 0.29) is 12.0 Å². The van der Waals surface area contributed by atoms with E-state index in [2.05, 4.69) is 10.3 Å². The zero-order valence-corrected chi connectivity index (χ0v) is 7.84. The first-order valence-corrected chi connectivity index (χ1v) is 5.07. The van der Waals surface area contributed by atoms with Crippen molar-refractivity contribution in [3.05, 3.63) is 16.6 Å². The van der Waals surface area contributed by atoms with Gasteiger partial charge in [-0.3, -0.25) is 10.1 Å². The number of hydrogen-bond donors (Lipinski definition) is 1. The molecule has 0 amide bonds. The number of rotatable bonds is 3. The van der Waals surface area contributed by atoms with Crippen molar-refractivity contribution in [3.63, 3.8) is 0 Å². The van der Waals surface area contributed by atoms with Crippen LogP contribution in [0.5, 0.6) is 0 Å². The molecule has 1 aromatic heterocycles. The Hall–Kier alpha value is -0.940. The molecule has 13 heavy (non-hydrogen) atoms. The molecule has 2 rings (SSSR count). The maximum atomic E-state index is 11.0. The van der Waals surface area contributed by atoms with Crippen LogP contribution in [0, 0.1) is 0 Å². The summed E-state index contributed by atoms with van der Waals surface area (Å²) in [6, 6.07) is -0.137. The van der Waals surface area contributed by atoms with Gasteiger partial charge in [0.15, 0.2) is 0 Å². The molecule has 1 saturated heterocycles. The third kappa shape index (κ3) is 2.05. The molecule has 1 aliphatic rings. The number of nitrogens with zero attached hydrogens (tertiary/aromatic N) is 1. The molecule has 0 aliphatic carbocycles. The molecule has 0 bridgehead atoms. The standard InChI is InChI=1S/C8H10N2O2S/c11-8-7(1-2-12-8)9-3-6-4-13-5-10-6/h4-5,7,9H,1-3H2/t7-/m0/s1. The number of cyclic esters (lactones) is 1. The fraction of sp³-hybridized carbons (Fsp3) is 0.500. The maximum Gasteiger partial charge on any atom is 0.323 e. The van der Waals surface area contributed by atoms with Gasteiger partial charge in [0.2, 0.25) is 0 Å². The van der Waals surface area contributed by atoms with Gasteiger partial charge in [-0.25, -0.2) is 4.98 Å². The molecule has 0 saturated carbocycles. The van der Waals surface area contributed by atoms with Crippen molar-refractivity contribution in [1.29, 1.82) is 0 Å². The molecular weight excluding hydrogens is 188 g/mol. The Bertz CT molecular complexity index is 286.